The Morgan fingerprint density at radius 1 is 0.288 bits per heavy atom. The van der Waals surface area contributed by atoms with Crippen molar-refractivity contribution in [2.45, 2.75) is 348 Å². The van der Waals surface area contributed by atoms with Crippen molar-refractivity contribution in [3.63, 3.8) is 0 Å². The van der Waals surface area contributed by atoms with E-state index >= 15 is 0 Å². The van der Waals surface area contributed by atoms with Gasteiger partial charge in [-0.3, -0.25) is 14.4 Å². The minimum atomic E-state index is -0.762. The van der Waals surface area contributed by atoms with Crippen molar-refractivity contribution >= 4 is 17.9 Å². The van der Waals surface area contributed by atoms with Crippen LogP contribution in [0.25, 0.3) is 0 Å². The first-order valence-electron chi connectivity index (χ1n) is 29.9. The summed E-state index contributed by atoms with van der Waals surface area (Å²) in [6.07, 6.45) is 59.5. The van der Waals surface area contributed by atoms with E-state index in [2.05, 4.69) is 27.7 Å². The quantitative estimate of drug-likeness (QED) is 0.0343. The van der Waals surface area contributed by atoms with Gasteiger partial charge in [-0.1, -0.05) is 304 Å². The Bertz CT molecular complexity index is 996. The number of carbonyl (C=O) groups excluding carboxylic acids is 3. The van der Waals surface area contributed by atoms with E-state index in [0.29, 0.717) is 19.3 Å². The zero-order valence-corrected chi connectivity index (χ0v) is 45.2. The SMILES string of the molecule is CCCCCCCCCCCCCCCCCCCCC(=O)OC[C@@H](COC(=O)CCCCCCCCCCCCCCC(C)C)OC(=O)CCCCCCCCCCCCCCCCC. The van der Waals surface area contributed by atoms with Crippen molar-refractivity contribution in [2.75, 3.05) is 13.2 Å². The van der Waals surface area contributed by atoms with E-state index in [-0.39, 0.29) is 31.1 Å². The van der Waals surface area contributed by atoms with Gasteiger partial charge in [0.25, 0.3) is 0 Å². The minimum Gasteiger partial charge on any atom is -0.462 e. The molecule has 0 fully saturated rings. The maximum absolute atomic E-state index is 12.9. The van der Waals surface area contributed by atoms with E-state index in [1.165, 1.54) is 238 Å². The molecule has 0 bridgehead atoms. The Morgan fingerprint density at radius 2 is 0.500 bits per heavy atom. The summed E-state index contributed by atoms with van der Waals surface area (Å²) in [7, 11) is 0. The first kappa shape index (κ1) is 64.4. The second-order valence-corrected chi connectivity index (χ2v) is 21.1. The van der Waals surface area contributed by atoms with Gasteiger partial charge in [0.2, 0.25) is 0 Å². The van der Waals surface area contributed by atoms with Gasteiger partial charge in [-0.05, 0) is 25.2 Å². The molecule has 0 rings (SSSR count). The van der Waals surface area contributed by atoms with Crippen molar-refractivity contribution in [3.05, 3.63) is 0 Å². The van der Waals surface area contributed by atoms with Gasteiger partial charge >= 0.3 is 17.9 Å². The maximum atomic E-state index is 12.9. The van der Waals surface area contributed by atoms with Gasteiger partial charge in [0, 0.05) is 19.3 Å². The van der Waals surface area contributed by atoms with E-state index in [1.54, 1.807) is 0 Å². The lowest BCUT2D eigenvalue weighted by molar-refractivity contribution is -0.167. The molecular weight excluding hydrogens is 817 g/mol. The molecule has 0 saturated carbocycles. The number of hydrogen-bond donors (Lipinski definition) is 0. The van der Waals surface area contributed by atoms with Gasteiger partial charge in [0.15, 0.2) is 6.10 Å². The largest absolute Gasteiger partial charge is 0.462 e. The van der Waals surface area contributed by atoms with Gasteiger partial charge in [-0.15, -0.1) is 0 Å². The first-order valence-corrected chi connectivity index (χ1v) is 29.9. The van der Waals surface area contributed by atoms with Crippen molar-refractivity contribution < 1.29 is 28.6 Å². The fraction of sp³-hybridized carbons (Fsp3) is 0.950. The maximum Gasteiger partial charge on any atom is 0.306 e. The molecule has 0 radical (unpaired) electrons. The normalized spacial score (nSPS) is 12.0. The molecule has 6 nitrogen and oxygen atoms in total. The van der Waals surface area contributed by atoms with Crippen molar-refractivity contribution in [3.8, 4) is 0 Å². The molecule has 0 spiro atoms. The van der Waals surface area contributed by atoms with Crippen molar-refractivity contribution in [2.24, 2.45) is 5.92 Å². The topological polar surface area (TPSA) is 78.9 Å². The Kier molecular flexibility index (Phi) is 53.0. The monoisotopic (exact) mass is 933 g/mol. The van der Waals surface area contributed by atoms with Crippen LogP contribution in [0.3, 0.4) is 0 Å². The second kappa shape index (κ2) is 54.4. The molecule has 0 aromatic rings. The van der Waals surface area contributed by atoms with Gasteiger partial charge in [0.1, 0.15) is 13.2 Å². The van der Waals surface area contributed by atoms with Crippen LogP contribution in [0.2, 0.25) is 0 Å². The first-order chi connectivity index (χ1) is 32.4. The third-order valence-electron chi connectivity index (χ3n) is 13.8. The highest BCUT2D eigenvalue weighted by atomic mass is 16.6. The lowest BCUT2D eigenvalue weighted by Gasteiger charge is -2.18. The van der Waals surface area contributed by atoms with Crippen molar-refractivity contribution in [1.82, 2.24) is 0 Å². The Labute approximate surface area is 412 Å². The van der Waals surface area contributed by atoms with Crippen LogP contribution in [0.15, 0.2) is 0 Å². The third-order valence-corrected chi connectivity index (χ3v) is 13.8. The molecular formula is C60H116O6. The molecule has 392 valence electrons. The number of esters is 3. The van der Waals surface area contributed by atoms with E-state index in [1.807, 2.05) is 0 Å². The summed E-state index contributed by atoms with van der Waals surface area (Å²) in [4.78, 5) is 38.2. The second-order valence-electron chi connectivity index (χ2n) is 21.1. The van der Waals surface area contributed by atoms with Gasteiger partial charge in [-0.25, -0.2) is 0 Å². The highest BCUT2D eigenvalue weighted by Gasteiger charge is 2.19. The van der Waals surface area contributed by atoms with E-state index in [0.717, 1.165) is 63.7 Å². The minimum absolute atomic E-state index is 0.0616. The highest BCUT2D eigenvalue weighted by molar-refractivity contribution is 5.71. The number of unbranched alkanes of at least 4 members (excludes halogenated alkanes) is 42. The average Bonchev–Trinajstić information content (AvgIpc) is 3.30. The third kappa shape index (κ3) is 53.4. The number of carbonyl (C=O) groups is 3. The molecule has 0 aliphatic rings. The smallest absolute Gasteiger partial charge is 0.306 e. The summed E-state index contributed by atoms with van der Waals surface area (Å²) in [5, 5.41) is 0. The summed E-state index contributed by atoms with van der Waals surface area (Å²) in [6.45, 7) is 9.07. The molecule has 0 saturated heterocycles. The zero-order valence-electron chi connectivity index (χ0n) is 45.2. The van der Waals surface area contributed by atoms with Crippen LogP contribution >= 0.6 is 0 Å². The molecule has 0 aromatic heterocycles. The summed E-state index contributed by atoms with van der Waals surface area (Å²) in [6, 6.07) is 0. The number of hydrogen-bond acceptors (Lipinski definition) is 6. The summed E-state index contributed by atoms with van der Waals surface area (Å²) in [5.41, 5.74) is 0. The average molecular weight is 934 g/mol. The predicted molar refractivity (Wildman–Crippen MR) is 284 cm³/mol. The summed E-state index contributed by atoms with van der Waals surface area (Å²) < 4.78 is 16.9. The van der Waals surface area contributed by atoms with Crippen LogP contribution in [0.4, 0.5) is 0 Å². The number of rotatable bonds is 55. The summed E-state index contributed by atoms with van der Waals surface area (Å²) >= 11 is 0. The van der Waals surface area contributed by atoms with Gasteiger partial charge in [0.05, 0.1) is 0 Å². The predicted octanol–water partition coefficient (Wildman–Crippen LogP) is 19.8. The number of ether oxygens (including phenoxy) is 3. The molecule has 0 unspecified atom stereocenters. The molecule has 0 aromatic carbocycles. The lowest BCUT2D eigenvalue weighted by atomic mass is 10.0. The molecule has 0 amide bonds. The van der Waals surface area contributed by atoms with Crippen LogP contribution in [0.1, 0.15) is 342 Å². The van der Waals surface area contributed by atoms with E-state index in [4.69, 9.17) is 14.2 Å². The molecule has 0 aliphatic heterocycles. The van der Waals surface area contributed by atoms with Crippen LogP contribution < -0.4 is 0 Å². The molecule has 66 heavy (non-hydrogen) atoms. The fourth-order valence-electron chi connectivity index (χ4n) is 9.28. The van der Waals surface area contributed by atoms with Crippen LogP contribution in [-0.2, 0) is 28.6 Å². The van der Waals surface area contributed by atoms with Gasteiger partial charge < -0.3 is 14.2 Å². The highest BCUT2D eigenvalue weighted by Crippen LogP contribution is 2.18. The Morgan fingerprint density at radius 3 is 0.742 bits per heavy atom. The standard InChI is InChI=1S/C60H116O6/c1-5-7-9-11-13-15-17-19-21-22-23-25-26-31-35-39-43-47-51-58(61)64-54-57(66-60(63)53-49-45-41-37-33-27-24-20-18-16-14-12-10-8-6-2)55-65-59(62)52-48-44-40-36-32-29-28-30-34-38-42-46-50-56(3)4/h56-57H,5-55H2,1-4H3/t57-/m0/s1. The lowest BCUT2D eigenvalue weighted by Crippen LogP contribution is -2.30. The zero-order chi connectivity index (χ0) is 48.1. The van der Waals surface area contributed by atoms with E-state index < -0.39 is 6.10 Å². The molecule has 0 heterocycles. The van der Waals surface area contributed by atoms with Crippen LogP contribution in [0.5, 0.6) is 0 Å². The van der Waals surface area contributed by atoms with Crippen molar-refractivity contribution in [1.29, 1.82) is 0 Å². The Balaban J connectivity index is 4.28. The summed E-state index contributed by atoms with van der Waals surface area (Å²) in [5.74, 6) is 0.000975. The van der Waals surface area contributed by atoms with Crippen LogP contribution in [-0.4, -0.2) is 37.2 Å². The van der Waals surface area contributed by atoms with Crippen LogP contribution in [0, 0.1) is 5.92 Å². The molecule has 0 aliphatic carbocycles. The van der Waals surface area contributed by atoms with E-state index in [9.17, 15) is 14.4 Å². The molecule has 0 N–H and O–H groups in total. The molecule has 1 atom stereocenters. The van der Waals surface area contributed by atoms with Gasteiger partial charge in [-0.2, -0.15) is 0 Å². The Hall–Kier alpha value is -1.59. The fourth-order valence-corrected chi connectivity index (χ4v) is 9.28. The molecule has 6 heteroatoms.